The van der Waals surface area contributed by atoms with Crippen LogP contribution in [0.1, 0.15) is 43.2 Å². The van der Waals surface area contributed by atoms with Gasteiger partial charge >= 0.3 is 0 Å². The molecule has 0 bridgehead atoms. The van der Waals surface area contributed by atoms with Gasteiger partial charge in [-0.1, -0.05) is 6.92 Å². The minimum atomic E-state index is 0.302. The molecule has 0 aromatic carbocycles. The van der Waals surface area contributed by atoms with Gasteiger partial charge in [-0.3, -0.25) is 0 Å². The summed E-state index contributed by atoms with van der Waals surface area (Å²) in [5.74, 6) is 0. The van der Waals surface area contributed by atoms with Crippen molar-refractivity contribution < 1.29 is 4.74 Å². The van der Waals surface area contributed by atoms with Crippen molar-refractivity contribution in [3.05, 3.63) is 21.9 Å². The Labute approximate surface area is 103 Å². The Kier molecular flexibility index (Phi) is 6.03. The summed E-state index contributed by atoms with van der Waals surface area (Å²) in [6.07, 6.45) is 2.51. The van der Waals surface area contributed by atoms with Crippen LogP contribution >= 0.6 is 11.3 Å². The van der Waals surface area contributed by atoms with Crippen LogP contribution in [0.15, 0.2) is 11.4 Å². The van der Waals surface area contributed by atoms with E-state index in [1.165, 1.54) is 16.9 Å². The zero-order chi connectivity index (χ0) is 12.0. The molecule has 0 aliphatic rings. The van der Waals surface area contributed by atoms with E-state index in [0.717, 1.165) is 13.0 Å². The Morgan fingerprint density at radius 3 is 2.75 bits per heavy atom. The predicted molar refractivity (Wildman–Crippen MR) is 71.2 cm³/mol. The number of hydrogen-bond donors (Lipinski definition) is 1. The summed E-state index contributed by atoms with van der Waals surface area (Å²) in [7, 11) is 1.78. The number of rotatable bonds is 7. The lowest BCUT2D eigenvalue weighted by molar-refractivity contribution is 0.101. The molecule has 0 saturated heterocycles. The van der Waals surface area contributed by atoms with Crippen molar-refractivity contribution in [1.82, 2.24) is 5.32 Å². The number of nitrogens with one attached hydrogen (secondary N) is 1. The van der Waals surface area contributed by atoms with Gasteiger partial charge in [0.2, 0.25) is 0 Å². The quantitative estimate of drug-likeness (QED) is 0.788. The molecule has 1 N–H and O–H groups in total. The molecule has 1 rings (SSSR count). The van der Waals surface area contributed by atoms with Crippen molar-refractivity contribution in [3.63, 3.8) is 0 Å². The first-order valence-electron chi connectivity index (χ1n) is 5.99. The van der Waals surface area contributed by atoms with Crippen LogP contribution in [0.4, 0.5) is 0 Å². The smallest absolute Gasteiger partial charge is 0.0561 e. The molecule has 0 radical (unpaired) electrons. The number of hydrogen-bond acceptors (Lipinski definition) is 3. The van der Waals surface area contributed by atoms with Crippen molar-refractivity contribution in [1.29, 1.82) is 0 Å². The van der Waals surface area contributed by atoms with Crippen LogP contribution in [0.3, 0.4) is 0 Å². The number of ether oxygens (including phenoxy) is 1. The Bertz CT molecular complexity index is 298. The molecule has 0 spiro atoms. The van der Waals surface area contributed by atoms with Gasteiger partial charge < -0.3 is 10.1 Å². The Hall–Kier alpha value is -0.380. The molecular formula is C13H23NOS. The second-order valence-corrected chi connectivity index (χ2v) is 5.20. The van der Waals surface area contributed by atoms with Crippen LogP contribution < -0.4 is 5.32 Å². The first-order chi connectivity index (χ1) is 7.69. The molecule has 16 heavy (non-hydrogen) atoms. The topological polar surface area (TPSA) is 21.3 Å². The summed E-state index contributed by atoms with van der Waals surface area (Å²) in [5.41, 5.74) is 1.39. The van der Waals surface area contributed by atoms with Crippen molar-refractivity contribution in [3.8, 4) is 0 Å². The largest absolute Gasteiger partial charge is 0.382 e. The number of methoxy groups -OCH3 is 1. The van der Waals surface area contributed by atoms with Crippen molar-refractivity contribution >= 4 is 11.3 Å². The molecule has 92 valence electrons. The predicted octanol–water partition coefficient (Wildman–Crippen LogP) is 3.52. The summed E-state index contributed by atoms with van der Waals surface area (Å²) in [4.78, 5) is 1.46. The van der Waals surface area contributed by atoms with Crippen molar-refractivity contribution in [2.75, 3.05) is 13.7 Å². The summed E-state index contributed by atoms with van der Waals surface area (Å²) >= 11 is 1.84. The average molecular weight is 241 g/mol. The van der Waals surface area contributed by atoms with E-state index in [1.807, 2.05) is 11.3 Å². The highest BCUT2D eigenvalue weighted by molar-refractivity contribution is 7.10. The van der Waals surface area contributed by atoms with E-state index in [-0.39, 0.29) is 0 Å². The van der Waals surface area contributed by atoms with Crippen molar-refractivity contribution in [2.24, 2.45) is 0 Å². The zero-order valence-corrected chi connectivity index (χ0v) is 11.6. The van der Waals surface area contributed by atoms with E-state index >= 15 is 0 Å². The maximum absolute atomic E-state index is 5.36. The van der Waals surface area contributed by atoms with Crippen LogP contribution in [-0.2, 0) is 4.74 Å². The lowest BCUT2D eigenvalue weighted by Crippen LogP contribution is -2.25. The third kappa shape index (κ3) is 3.89. The molecule has 2 atom stereocenters. The molecule has 0 aliphatic heterocycles. The highest BCUT2D eigenvalue weighted by Gasteiger charge is 2.17. The SMILES string of the molecule is CCCNC(CC(C)OC)c1sccc1C. The van der Waals surface area contributed by atoms with Gasteiger partial charge in [-0.05, 0) is 50.2 Å². The van der Waals surface area contributed by atoms with E-state index in [4.69, 9.17) is 4.74 Å². The maximum atomic E-state index is 5.36. The second kappa shape index (κ2) is 7.05. The molecule has 1 aromatic heterocycles. The average Bonchev–Trinajstić information content (AvgIpc) is 2.70. The minimum absolute atomic E-state index is 0.302. The van der Waals surface area contributed by atoms with Gasteiger partial charge in [0.1, 0.15) is 0 Å². The number of aryl methyl sites for hydroxylation is 1. The number of thiophene rings is 1. The summed E-state index contributed by atoms with van der Waals surface area (Å²) < 4.78 is 5.36. The van der Waals surface area contributed by atoms with Crippen LogP contribution in [-0.4, -0.2) is 19.8 Å². The van der Waals surface area contributed by atoms with E-state index in [9.17, 15) is 0 Å². The molecule has 2 unspecified atom stereocenters. The highest BCUT2D eigenvalue weighted by Crippen LogP contribution is 2.27. The van der Waals surface area contributed by atoms with Crippen LogP contribution in [0, 0.1) is 6.92 Å². The first kappa shape index (κ1) is 13.7. The first-order valence-corrected chi connectivity index (χ1v) is 6.87. The molecular weight excluding hydrogens is 218 g/mol. The zero-order valence-electron chi connectivity index (χ0n) is 10.7. The van der Waals surface area contributed by atoms with E-state index < -0.39 is 0 Å². The summed E-state index contributed by atoms with van der Waals surface area (Å²) in [6, 6.07) is 2.63. The highest BCUT2D eigenvalue weighted by atomic mass is 32.1. The molecule has 1 aromatic rings. The minimum Gasteiger partial charge on any atom is -0.382 e. The van der Waals surface area contributed by atoms with E-state index in [0.29, 0.717) is 12.1 Å². The van der Waals surface area contributed by atoms with Gasteiger partial charge in [0, 0.05) is 18.0 Å². The van der Waals surface area contributed by atoms with Crippen molar-refractivity contribution in [2.45, 2.75) is 45.8 Å². The molecule has 3 heteroatoms. The van der Waals surface area contributed by atoms with Gasteiger partial charge in [-0.15, -0.1) is 11.3 Å². The van der Waals surface area contributed by atoms with Gasteiger partial charge in [0.25, 0.3) is 0 Å². The molecule has 2 nitrogen and oxygen atoms in total. The Morgan fingerprint density at radius 2 is 2.25 bits per heavy atom. The van der Waals surface area contributed by atoms with Crippen LogP contribution in [0.5, 0.6) is 0 Å². The molecule has 0 aliphatic carbocycles. The molecule has 1 heterocycles. The monoisotopic (exact) mass is 241 g/mol. The normalized spacial score (nSPS) is 15.0. The Morgan fingerprint density at radius 1 is 1.50 bits per heavy atom. The van der Waals surface area contributed by atoms with Gasteiger partial charge in [-0.2, -0.15) is 0 Å². The van der Waals surface area contributed by atoms with E-state index in [2.05, 4.69) is 37.5 Å². The summed E-state index contributed by atoms with van der Waals surface area (Å²) in [5, 5.41) is 5.78. The van der Waals surface area contributed by atoms with Crippen LogP contribution in [0.25, 0.3) is 0 Å². The van der Waals surface area contributed by atoms with Gasteiger partial charge in [0.15, 0.2) is 0 Å². The standard InChI is InChI=1S/C13H23NOS/c1-5-7-14-12(9-11(3)15-4)13-10(2)6-8-16-13/h6,8,11-12,14H,5,7,9H2,1-4H3. The fourth-order valence-corrected chi connectivity index (χ4v) is 2.79. The fourth-order valence-electron chi connectivity index (χ4n) is 1.77. The second-order valence-electron chi connectivity index (χ2n) is 4.26. The lowest BCUT2D eigenvalue weighted by Gasteiger charge is -2.21. The fraction of sp³-hybridized carbons (Fsp3) is 0.692. The molecule has 0 amide bonds. The van der Waals surface area contributed by atoms with E-state index in [1.54, 1.807) is 7.11 Å². The molecule has 0 saturated carbocycles. The maximum Gasteiger partial charge on any atom is 0.0561 e. The lowest BCUT2D eigenvalue weighted by atomic mass is 10.1. The molecule has 0 fully saturated rings. The van der Waals surface area contributed by atoms with Crippen LogP contribution in [0.2, 0.25) is 0 Å². The van der Waals surface area contributed by atoms with Gasteiger partial charge in [-0.25, -0.2) is 0 Å². The summed E-state index contributed by atoms with van der Waals surface area (Å²) in [6.45, 7) is 7.58. The third-order valence-corrected chi connectivity index (χ3v) is 3.96. The third-order valence-electron chi connectivity index (χ3n) is 2.83. The van der Waals surface area contributed by atoms with Gasteiger partial charge in [0.05, 0.1) is 6.10 Å². The Balaban J connectivity index is 2.67.